The van der Waals surface area contributed by atoms with Crippen LogP contribution < -0.4 is 15.4 Å². The second-order valence-corrected chi connectivity index (χ2v) is 7.07. The van der Waals surface area contributed by atoms with Crippen molar-refractivity contribution in [3.63, 3.8) is 0 Å². The zero-order valence-electron chi connectivity index (χ0n) is 12.8. The third-order valence-electron chi connectivity index (χ3n) is 3.48. The summed E-state index contributed by atoms with van der Waals surface area (Å²) in [6, 6.07) is 4.71. The molecule has 0 bridgehead atoms. The quantitative estimate of drug-likeness (QED) is 0.710. The molecule has 0 unspecified atom stereocenters. The predicted octanol–water partition coefficient (Wildman–Crippen LogP) is 1.15. The molecule has 7 heteroatoms. The Kier molecular flexibility index (Phi) is 5.33. The molecular weight excluding hydrogens is 302 g/mol. The second kappa shape index (κ2) is 7.04. The molecule has 0 radical (unpaired) electrons. The zero-order chi connectivity index (χ0) is 16.2. The number of sulfonamides is 1. The van der Waals surface area contributed by atoms with Crippen molar-refractivity contribution in [3.8, 4) is 0 Å². The van der Waals surface area contributed by atoms with E-state index in [2.05, 4.69) is 15.4 Å². The van der Waals surface area contributed by atoms with E-state index < -0.39 is 10.0 Å². The Morgan fingerprint density at radius 1 is 1.36 bits per heavy atom. The van der Waals surface area contributed by atoms with Crippen LogP contribution in [0.1, 0.15) is 18.9 Å². The fraction of sp³-hybridized carbons (Fsp3) is 0.400. The van der Waals surface area contributed by atoms with E-state index in [0.29, 0.717) is 12.2 Å². The molecular formula is C15H21N3O3S. The summed E-state index contributed by atoms with van der Waals surface area (Å²) in [6.45, 7) is 5.16. The monoisotopic (exact) mass is 323 g/mol. The Bertz CT molecular complexity index is 696. The topological polar surface area (TPSA) is 87.3 Å². The van der Waals surface area contributed by atoms with Crippen molar-refractivity contribution in [1.29, 1.82) is 0 Å². The zero-order valence-corrected chi connectivity index (χ0v) is 13.6. The Hall–Kier alpha value is -1.70. The molecule has 6 nitrogen and oxygen atoms in total. The van der Waals surface area contributed by atoms with E-state index in [-0.39, 0.29) is 10.8 Å². The standard InChI is InChI=1S/C15H21N3O3S/c1-11-3-4-14(9-15(11)18-12(2)19)22(20,21)17-10-13-5-7-16-8-6-13/h3-5,9,16-17H,6-8,10H2,1-2H3,(H,18,19). The van der Waals surface area contributed by atoms with Crippen molar-refractivity contribution in [1.82, 2.24) is 10.0 Å². The lowest BCUT2D eigenvalue weighted by molar-refractivity contribution is -0.114. The molecule has 22 heavy (non-hydrogen) atoms. The van der Waals surface area contributed by atoms with Crippen LogP contribution in [0.5, 0.6) is 0 Å². The van der Waals surface area contributed by atoms with Gasteiger partial charge in [-0.25, -0.2) is 13.1 Å². The molecule has 0 saturated carbocycles. The van der Waals surface area contributed by atoms with Gasteiger partial charge in [0.25, 0.3) is 0 Å². The highest BCUT2D eigenvalue weighted by Gasteiger charge is 2.16. The maximum Gasteiger partial charge on any atom is 0.240 e. The number of hydrogen-bond acceptors (Lipinski definition) is 4. The normalized spacial score (nSPS) is 15.3. The second-order valence-electron chi connectivity index (χ2n) is 5.30. The number of benzene rings is 1. The number of anilines is 1. The SMILES string of the molecule is CC(=O)Nc1cc(S(=O)(=O)NCC2=CCNCC2)ccc1C. The molecule has 1 aromatic carbocycles. The molecule has 0 aliphatic carbocycles. The third kappa shape index (κ3) is 4.40. The van der Waals surface area contributed by atoms with E-state index >= 15 is 0 Å². The molecule has 1 amide bonds. The van der Waals surface area contributed by atoms with Crippen LogP contribution in [0.3, 0.4) is 0 Å². The number of carbonyl (C=O) groups is 1. The first kappa shape index (κ1) is 16.7. The maximum absolute atomic E-state index is 12.4. The van der Waals surface area contributed by atoms with Gasteiger partial charge in [0.1, 0.15) is 0 Å². The van der Waals surface area contributed by atoms with Crippen LogP contribution in [0.2, 0.25) is 0 Å². The summed E-state index contributed by atoms with van der Waals surface area (Å²) in [5, 5.41) is 5.82. The van der Waals surface area contributed by atoms with E-state index in [0.717, 1.165) is 30.6 Å². The van der Waals surface area contributed by atoms with E-state index in [4.69, 9.17) is 0 Å². The van der Waals surface area contributed by atoms with Gasteiger partial charge in [0.2, 0.25) is 15.9 Å². The lowest BCUT2D eigenvalue weighted by atomic mass is 10.1. The molecule has 0 atom stereocenters. The Morgan fingerprint density at radius 3 is 2.77 bits per heavy atom. The van der Waals surface area contributed by atoms with Crippen LogP contribution in [-0.2, 0) is 14.8 Å². The molecule has 1 aliphatic heterocycles. The van der Waals surface area contributed by atoms with Crippen LogP contribution in [0.4, 0.5) is 5.69 Å². The molecule has 0 aromatic heterocycles. The van der Waals surface area contributed by atoms with E-state index in [1.807, 2.05) is 13.0 Å². The molecule has 1 aromatic rings. The maximum atomic E-state index is 12.4. The van der Waals surface area contributed by atoms with Gasteiger partial charge < -0.3 is 10.6 Å². The van der Waals surface area contributed by atoms with Gasteiger partial charge in [-0.15, -0.1) is 0 Å². The summed E-state index contributed by atoms with van der Waals surface area (Å²) < 4.78 is 27.3. The van der Waals surface area contributed by atoms with E-state index in [1.54, 1.807) is 12.1 Å². The van der Waals surface area contributed by atoms with Gasteiger partial charge in [-0.3, -0.25) is 4.79 Å². The Morgan fingerprint density at radius 2 is 2.14 bits per heavy atom. The summed E-state index contributed by atoms with van der Waals surface area (Å²) in [5.41, 5.74) is 2.41. The minimum absolute atomic E-state index is 0.149. The summed E-state index contributed by atoms with van der Waals surface area (Å²) in [7, 11) is -3.60. The first-order valence-electron chi connectivity index (χ1n) is 7.15. The summed E-state index contributed by atoms with van der Waals surface area (Å²) >= 11 is 0. The highest BCUT2D eigenvalue weighted by Crippen LogP contribution is 2.20. The Labute approximate surface area is 131 Å². The third-order valence-corrected chi connectivity index (χ3v) is 4.88. The average Bonchev–Trinajstić information content (AvgIpc) is 2.48. The number of rotatable bonds is 5. The van der Waals surface area contributed by atoms with Crippen LogP contribution in [-0.4, -0.2) is 34.0 Å². The summed E-state index contributed by atoms with van der Waals surface area (Å²) in [6.07, 6.45) is 2.84. The molecule has 2 rings (SSSR count). The first-order valence-corrected chi connectivity index (χ1v) is 8.63. The highest BCUT2D eigenvalue weighted by molar-refractivity contribution is 7.89. The molecule has 1 heterocycles. The number of aryl methyl sites for hydroxylation is 1. The van der Waals surface area contributed by atoms with Crippen molar-refractivity contribution in [2.45, 2.75) is 25.2 Å². The van der Waals surface area contributed by atoms with E-state index in [1.165, 1.54) is 13.0 Å². The molecule has 120 valence electrons. The molecule has 0 fully saturated rings. The van der Waals surface area contributed by atoms with Gasteiger partial charge in [-0.05, 0) is 37.6 Å². The van der Waals surface area contributed by atoms with Crippen molar-refractivity contribution < 1.29 is 13.2 Å². The predicted molar refractivity (Wildman–Crippen MR) is 86.2 cm³/mol. The molecule has 1 aliphatic rings. The number of hydrogen-bond donors (Lipinski definition) is 3. The first-order chi connectivity index (χ1) is 10.4. The fourth-order valence-electron chi connectivity index (χ4n) is 2.19. The van der Waals surface area contributed by atoms with Gasteiger partial charge in [0, 0.05) is 25.7 Å². The van der Waals surface area contributed by atoms with Crippen molar-refractivity contribution in [3.05, 3.63) is 35.4 Å². The van der Waals surface area contributed by atoms with E-state index in [9.17, 15) is 13.2 Å². The van der Waals surface area contributed by atoms with Gasteiger partial charge >= 0.3 is 0 Å². The van der Waals surface area contributed by atoms with Gasteiger partial charge in [0.15, 0.2) is 0 Å². The van der Waals surface area contributed by atoms with Crippen molar-refractivity contribution in [2.75, 3.05) is 25.0 Å². The van der Waals surface area contributed by atoms with Crippen molar-refractivity contribution >= 4 is 21.6 Å². The number of carbonyl (C=O) groups excluding carboxylic acids is 1. The fourth-order valence-corrected chi connectivity index (χ4v) is 3.26. The van der Waals surface area contributed by atoms with Gasteiger partial charge in [-0.2, -0.15) is 0 Å². The van der Waals surface area contributed by atoms with Crippen LogP contribution in [0, 0.1) is 6.92 Å². The van der Waals surface area contributed by atoms with Gasteiger partial charge in [-0.1, -0.05) is 17.7 Å². The number of amides is 1. The lowest BCUT2D eigenvalue weighted by Gasteiger charge is -2.15. The largest absolute Gasteiger partial charge is 0.326 e. The van der Waals surface area contributed by atoms with Crippen LogP contribution >= 0.6 is 0 Å². The highest BCUT2D eigenvalue weighted by atomic mass is 32.2. The lowest BCUT2D eigenvalue weighted by Crippen LogP contribution is -2.29. The minimum atomic E-state index is -3.60. The van der Waals surface area contributed by atoms with Crippen LogP contribution in [0.25, 0.3) is 0 Å². The van der Waals surface area contributed by atoms with Gasteiger partial charge in [0.05, 0.1) is 4.90 Å². The van der Waals surface area contributed by atoms with Crippen LogP contribution in [0.15, 0.2) is 34.7 Å². The van der Waals surface area contributed by atoms with Crippen molar-refractivity contribution in [2.24, 2.45) is 0 Å². The summed E-state index contributed by atoms with van der Waals surface area (Å²) in [5.74, 6) is -0.231. The average molecular weight is 323 g/mol. The molecule has 0 spiro atoms. The smallest absolute Gasteiger partial charge is 0.240 e. The molecule has 0 saturated heterocycles. The number of nitrogens with one attached hydrogen (secondary N) is 3. The minimum Gasteiger partial charge on any atom is -0.326 e. The summed E-state index contributed by atoms with van der Waals surface area (Å²) in [4.78, 5) is 11.3. The Balaban J connectivity index is 2.14. The molecule has 3 N–H and O–H groups in total.